The van der Waals surface area contributed by atoms with E-state index in [9.17, 15) is 4.79 Å². The number of amides is 1. The van der Waals surface area contributed by atoms with Crippen LogP contribution in [0.2, 0.25) is 0 Å². The van der Waals surface area contributed by atoms with Gasteiger partial charge in [0.2, 0.25) is 5.91 Å². The van der Waals surface area contributed by atoms with Crippen molar-refractivity contribution < 1.29 is 4.79 Å². The summed E-state index contributed by atoms with van der Waals surface area (Å²) in [7, 11) is 0. The second-order valence-corrected chi connectivity index (χ2v) is 8.78. The molecule has 6 N–H and O–H groups in total. The molecule has 2 atom stereocenters. The molecular formula is C21H41N3OS2. The maximum absolute atomic E-state index is 12.6. The number of carbonyl (C=O) groups excluding carboxylic acids is 1. The zero-order chi connectivity index (χ0) is 21.0. The van der Waals surface area contributed by atoms with E-state index in [1.807, 2.05) is 0 Å². The van der Waals surface area contributed by atoms with E-state index in [0.29, 0.717) is 11.8 Å². The van der Waals surface area contributed by atoms with Crippen molar-refractivity contribution in [3.05, 3.63) is 0 Å². The molecule has 0 heterocycles. The van der Waals surface area contributed by atoms with Crippen molar-refractivity contribution >= 4 is 40.3 Å². The van der Waals surface area contributed by atoms with Gasteiger partial charge in [-0.3, -0.25) is 4.79 Å². The summed E-state index contributed by atoms with van der Waals surface area (Å²) in [5.41, 5.74) is 16.6. The monoisotopic (exact) mass is 415 g/mol. The number of rotatable bonds is 16. The largest absolute Gasteiger partial charge is 0.392 e. The van der Waals surface area contributed by atoms with Crippen LogP contribution in [0.15, 0.2) is 0 Å². The molecule has 0 aliphatic rings. The fourth-order valence-corrected chi connectivity index (χ4v) is 5.00. The van der Waals surface area contributed by atoms with Gasteiger partial charge in [0.25, 0.3) is 0 Å². The Bertz CT molecular complexity index is 428. The molecule has 0 aliphatic carbocycles. The van der Waals surface area contributed by atoms with Crippen molar-refractivity contribution in [1.82, 2.24) is 0 Å². The third-order valence-electron chi connectivity index (χ3n) is 6.10. The zero-order valence-corrected chi connectivity index (χ0v) is 19.4. The molecule has 0 fully saturated rings. The predicted molar refractivity (Wildman–Crippen MR) is 125 cm³/mol. The van der Waals surface area contributed by atoms with Gasteiger partial charge in [0.1, 0.15) is 0 Å². The molecule has 0 aliphatic heterocycles. The summed E-state index contributed by atoms with van der Waals surface area (Å²) in [5.74, 6) is 0.249. The SMILES string of the molecule is CCCCC(CC)CC(CC(CC)CCCC)C(C(N)=O)(C(N)=S)C(N)=S. The van der Waals surface area contributed by atoms with Gasteiger partial charge < -0.3 is 17.2 Å². The van der Waals surface area contributed by atoms with Gasteiger partial charge in [-0.15, -0.1) is 0 Å². The van der Waals surface area contributed by atoms with E-state index in [1.54, 1.807) is 0 Å². The van der Waals surface area contributed by atoms with E-state index >= 15 is 0 Å². The van der Waals surface area contributed by atoms with Crippen LogP contribution in [0.4, 0.5) is 0 Å². The number of hydrogen-bond acceptors (Lipinski definition) is 3. The molecule has 0 spiro atoms. The normalized spacial score (nSPS) is 15.1. The number of thiocarbonyl (C=S) groups is 2. The molecule has 2 unspecified atom stereocenters. The van der Waals surface area contributed by atoms with Crippen LogP contribution >= 0.6 is 24.4 Å². The Labute approximate surface area is 177 Å². The first-order valence-electron chi connectivity index (χ1n) is 10.6. The number of carbonyl (C=O) groups is 1. The Balaban J connectivity index is 5.92. The highest BCUT2D eigenvalue weighted by atomic mass is 32.1. The van der Waals surface area contributed by atoms with Crippen molar-refractivity contribution in [2.75, 3.05) is 0 Å². The minimum absolute atomic E-state index is 0.0307. The van der Waals surface area contributed by atoms with Gasteiger partial charge in [-0.1, -0.05) is 103 Å². The predicted octanol–water partition coefficient (Wildman–Crippen LogP) is 4.86. The molecule has 4 nitrogen and oxygen atoms in total. The summed E-state index contributed by atoms with van der Waals surface area (Å²) in [6.07, 6.45) is 10.6. The quantitative estimate of drug-likeness (QED) is 0.313. The van der Waals surface area contributed by atoms with Crippen LogP contribution in [0.25, 0.3) is 0 Å². The first-order chi connectivity index (χ1) is 12.7. The summed E-state index contributed by atoms with van der Waals surface area (Å²) in [4.78, 5) is 12.7. The van der Waals surface area contributed by atoms with Gasteiger partial charge in [-0.05, 0) is 30.6 Å². The van der Waals surface area contributed by atoms with Crippen LogP contribution in [0.1, 0.15) is 91.9 Å². The van der Waals surface area contributed by atoms with Crippen LogP contribution in [-0.4, -0.2) is 15.9 Å². The molecule has 0 aromatic carbocycles. The minimum Gasteiger partial charge on any atom is -0.392 e. The average molecular weight is 416 g/mol. The number of primary amides is 1. The second-order valence-electron chi connectivity index (χ2n) is 7.90. The first-order valence-corrected chi connectivity index (χ1v) is 11.4. The van der Waals surface area contributed by atoms with E-state index in [1.165, 1.54) is 12.8 Å². The Kier molecular flexibility index (Phi) is 13.1. The van der Waals surface area contributed by atoms with Crippen molar-refractivity contribution in [1.29, 1.82) is 0 Å². The third kappa shape index (κ3) is 7.30. The molecule has 0 rings (SSSR count). The molecule has 0 radical (unpaired) electrons. The van der Waals surface area contributed by atoms with Crippen molar-refractivity contribution in [2.24, 2.45) is 40.4 Å². The van der Waals surface area contributed by atoms with E-state index in [-0.39, 0.29) is 15.9 Å². The molecule has 27 heavy (non-hydrogen) atoms. The minimum atomic E-state index is -1.37. The fraction of sp³-hybridized carbons (Fsp3) is 0.857. The molecule has 1 amide bonds. The third-order valence-corrected chi connectivity index (χ3v) is 6.74. The second kappa shape index (κ2) is 13.4. The summed E-state index contributed by atoms with van der Waals surface area (Å²) in [5, 5.41) is 0. The number of hydrogen-bond donors (Lipinski definition) is 3. The zero-order valence-electron chi connectivity index (χ0n) is 17.8. The molecule has 0 saturated heterocycles. The highest BCUT2D eigenvalue weighted by Crippen LogP contribution is 2.41. The van der Waals surface area contributed by atoms with E-state index in [2.05, 4.69) is 27.7 Å². The van der Waals surface area contributed by atoms with Crippen molar-refractivity contribution in [2.45, 2.75) is 91.9 Å². The molecule has 6 heteroatoms. The van der Waals surface area contributed by atoms with Gasteiger partial charge in [-0.25, -0.2) is 0 Å². The maximum atomic E-state index is 12.6. The van der Waals surface area contributed by atoms with Crippen LogP contribution < -0.4 is 17.2 Å². The summed E-state index contributed by atoms with van der Waals surface area (Å²) in [6, 6.07) is 0. The number of nitrogens with two attached hydrogens (primary N) is 3. The van der Waals surface area contributed by atoms with Crippen LogP contribution in [0, 0.1) is 23.2 Å². The van der Waals surface area contributed by atoms with Gasteiger partial charge in [0, 0.05) is 0 Å². The maximum Gasteiger partial charge on any atom is 0.237 e. The lowest BCUT2D eigenvalue weighted by Gasteiger charge is -2.40. The summed E-state index contributed by atoms with van der Waals surface area (Å²) in [6.45, 7) is 8.78. The standard InChI is InChI=1S/C21H41N3OS2/c1-5-9-11-15(7-3)13-17(14-16(8-4)12-10-6-2)21(18(22)25,19(23)26)20(24)27/h15-17H,5-14H2,1-4H3,(H2,22,25)(H2,23,26)(H2,24,27). The Morgan fingerprint density at radius 3 is 1.41 bits per heavy atom. The van der Waals surface area contributed by atoms with Crippen LogP contribution in [-0.2, 0) is 4.79 Å². The van der Waals surface area contributed by atoms with Crippen LogP contribution in [0.5, 0.6) is 0 Å². The number of unbranched alkanes of at least 4 members (excludes halogenated alkanes) is 2. The smallest absolute Gasteiger partial charge is 0.237 e. The molecule has 158 valence electrons. The fourth-order valence-electron chi connectivity index (χ4n) is 4.19. The molecule has 0 aromatic rings. The summed E-state index contributed by atoms with van der Waals surface area (Å²) < 4.78 is 0. The van der Waals surface area contributed by atoms with Gasteiger partial charge in [0.05, 0.1) is 9.98 Å². The molecule has 0 aromatic heterocycles. The van der Waals surface area contributed by atoms with E-state index in [4.69, 9.17) is 41.6 Å². The summed E-state index contributed by atoms with van der Waals surface area (Å²) >= 11 is 10.6. The lowest BCUT2D eigenvalue weighted by atomic mass is 9.66. The van der Waals surface area contributed by atoms with Crippen molar-refractivity contribution in [3.63, 3.8) is 0 Å². The average Bonchev–Trinajstić information content (AvgIpc) is 2.60. The van der Waals surface area contributed by atoms with E-state index in [0.717, 1.165) is 51.4 Å². The Morgan fingerprint density at radius 2 is 1.19 bits per heavy atom. The highest BCUT2D eigenvalue weighted by Gasteiger charge is 2.50. The van der Waals surface area contributed by atoms with Gasteiger partial charge in [0.15, 0.2) is 5.41 Å². The first kappa shape index (κ1) is 26.2. The van der Waals surface area contributed by atoms with Gasteiger partial charge >= 0.3 is 0 Å². The molecule has 0 bridgehead atoms. The molecular weight excluding hydrogens is 374 g/mol. The highest BCUT2D eigenvalue weighted by molar-refractivity contribution is 7.82. The van der Waals surface area contributed by atoms with Crippen LogP contribution in [0.3, 0.4) is 0 Å². The van der Waals surface area contributed by atoms with Crippen molar-refractivity contribution in [3.8, 4) is 0 Å². The Hall–Kier alpha value is -0.750. The molecule has 0 saturated carbocycles. The topological polar surface area (TPSA) is 95.1 Å². The van der Waals surface area contributed by atoms with E-state index < -0.39 is 11.3 Å². The lowest BCUT2D eigenvalue weighted by Crippen LogP contribution is -2.59. The Morgan fingerprint density at radius 1 is 0.815 bits per heavy atom. The van der Waals surface area contributed by atoms with Gasteiger partial charge in [-0.2, -0.15) is 0 Å². The lowest BCUT2D eigenvalue weighted by molar-refractivity contribution is -0.123.